The van der Waals surface area contributed by atoms with Gasteiger partial charge in [0.2, 0.25) is 0 Å². The first-order valence-electron chi connectivity index (χ1n) is 4.13. The molecular formula is C8H17F3. The third kappa shape index (κ3) is 17.7. The SMILES string of the molecule is CC.CCCCCC(F)(F)F. The summed E-state index contributed by atoms with van der Waals surface area (Å²) in [6.07, 6.45) is -2.77. The molecule has 0 N–H and O–H groups in total. The summed E-state index contributed by atoms with van der Waals surface area (Å²) in [4.78, 5) is 0. The number of rotatable bonds is 3. The highest BCUT2D eigenvalue weighted by atomic mass is 19.4. The van der Waals surface area contributed by atoms with Gasteiger partial charge in [-0.05, 0) is 6.42 Å². The van der Waals surface area contributed by atoms with E-state index in [0.717, 1.165) is 6.42 Å². The first-order chi connectivity index (χ1) is 5.06. The van der Waals surface area contributed by atoms with Gasteiger partial charge in [0.15, 0.2) is 0 Å². The molecule has 0 nitrogen and oxygen atoms in total. The smallest absolute Gasteiger partial charge is 0.171 e. The van der Waals surface area contributed by atoms with Crippen LogP contribution < -0.4 is 0 Å². The molecule has 11 heavy (non-hydrogen) atoms. The van der Waals surface area contributed by atoms with Crippen LogP contribution in [0.2, 0.25) is 0 Å². The highest BCUT2D eigenvalue weighted by Gasteiger charge is 2.25. The maximum Gasteiger partial charge on any atom is 0.389 e. The third-order valence-electron chi connectivity index (χ3n) is 1.06. The van der Waals surface area contributed by atoms with E-state index >= 15 is 0 Å². The van der Waals surface area contributed by atoms with Crippen molar-refractivity contribution in [2.24, 2.45) is 0 Å². The van der Waals surface area contributed by atoms with Crippen LogP contribution in [0.3, 0.4) is 0 Å². The van der Waals surface area contributed by atoms with Crippen LogP contribution in [0.5, 0.6) is 0 Å². The second-order valence-electron chi connectivity index (χ2n) is 2.07. The average molecular weight is 170 g/mol. The predicted octanol–water partition coefficient (Wildman–Crippen LogP) is 4.16. The van der Waals surface area contributed by atoms with Gasteiger partial charge in [-0.3, -0.25) is 0 Å². The summed E-state index contributed by atoms with van der Waals surface area (Å²) in [5, 5.41) is 0. The Morgan fingerprint density at radius 2 is 1.45 bits per heavy atom. The maximum absolute atomic E-state index is 11.4. The van der Waals surface area contributed by atoms with Gasteiger partial charge < -0.3 is 0 Å². The first-order valence-corrected chi connectivity index (χ1v) is 4.13. The van der Waals surface area contributed by atoms with Crippen molar-refractivity contribution >= 4 is 0 Å². The molecular weight excluding hydrogens is 153 g/mol. The van der Waals surface area contributed by atoms with Crippen LogP contribution in [0.1, 0.15) is 46.5 Å². The Balaban J connectivity index is 0. The van der Waals surface area contributed by atoms with Gasteiger partial charge in [0.25, 0.3) is 0 Å². The lowest BCUT2D eigenvalue weighted by Gasteiger charge is -2.03. The molecule has 0 aromatic rings. The van der Waals surface area contributed by atoms with E-state index in [0.29, 0.717) is 6.42 Å². The molecule has 0 heterocycles. The summed E-state index contributed by atoms with van der Waals surface area (Å²) in [5.74, 6) is 0. The second-order valence-corrected chi connectivity index (χ2v) is 2.07. The molecule has 0 amide bonds. The largest absolute Gasteiger partial charge is 0.389 e. The molecule has 0 bridgehead atoms. The van der Waals surface area contributed by atoms with E-state index in [1.165, 1.54) is 0 Å². The molecule has 3 heteroatoms. The van der Waals surface area contributed by atoms with Crippen molar-refractivity contribution in [3.05, 3.63) is 0 Å². The molecule has 0 saturated carbocycles. The Kier molecular flexibility index (Phi) is 9.60. The van der Waals surface area contributed by atoms with Crippen molar-refractivity contribution in [2.75, 3.05) is 0 Å². The molecule has 0 aromatic carbocycles. The minimum atomic E-state index is -3.95. The molecule has 0 aliphatic rings. The minimum Gasteiger partial charge on any atom is -0.171 e. The normalized spacial score (nSPS) is 10.4. The number of unbranched alkanes of at least 4 members (excludes halogenated alkanes) is 2. The molecule has 0 rings (SSSR count). The summed E-state index contributed by atoms with van der Waals surface area (Å²) >= 11 is 0. The first kappa shape index (κ1) is 13.4. The quantitative estimate of drug-likeness (QED) is 0.558. The Morgan fingerprint density at radius 3 is 1.73 bits per heavy atom. The molecule has 0 atom stereocenters. The van der Waals surface area contributed by atoms with Crippen molar-refractivity contribution in [2.45, 2.75) is 52.6 Å². The maximum atomic E-state index is 11.4. The third-order valence-corrected chi connectivity index (χ3v) is 1.06. The summed E-state index contributed by atoms with van der Waals surface area (Å²) < 4.78 is 34.1. The minimum absolute atomic E-state index is 0.278. The molecule has 0 spiro atoms. The van der Waals surface area contributed by atoms with E-state index in [1.807, 2.05) is 20.8 Å². The van der Waals surface area contributed by atoms with Gasteiger partial charge in [-0.1, -0.05) is 33.6 Å². The fraction of sp³-hybridized carbons (Fsp3) is 1.00. The van der Waals surface area contributed by atoms with Crippen molar-refractivity contribution < 1.29 is 13.2 Å². The van der Waals surface area contributed by atoms with Gasteiger partial charge >= 0.3 is 6.18 Å². The van der Waals surface area contributed by atoms with Gasteiger partial charge in [-0.25, -0.2) is 0 Å². The van der Waals surface area contributed by atoms with Crippen molar-refractivity contribution in [1.29, 1.82) is 0 Å². The Morgan fingerprint density at radius 1 is 1.00 bits per heavy atom. The van der Waals surface area contributed by atoms with Crippen LogP contribution in [0, 0.1) is 0 Å². The predicted molar refractivity (Wildman–Crippen MR) is 41.5 cm³/mol. The summed E-state index contributed by atoms with van der Waals surface area (Å²) in [7, 11) is 0. The van der Waals surface area contributed by atoms with E-state index in [1.54, 1.807) is 0 Å². The second kappa shape index (κ2) is 7.89. The molecule has 0 aliphatic carbocycles. The molecule has 0 aliphatic heterocycles. The van der Waals surface area contributed by atoms with Gasteiger partial charge in [0.1, 0.15) is 0 Å². The average Bonchev–Trinajstić information content (AvgIpc) is 1.90. The monoisotopic (exact) mass is 170 g/mol. The zero-order valence-electron chi connectivity index (χ0n) is 7.46. The molecule has 0 aromatic heterocycles. The fourth-order valence-corrected chi connectivity index (χ4v) is 0.575. The summed E-state index contributed by atoms with van der Waals surface area (Å²) in [6, 6.07) is 0. The summed E-state index contributed by atoms with van der Waals surface area (Å²) in [6.45, 7) is 5.89. The lowest BCUT2D eigenvalue weighted by molar-refractivity contribution is -0.135. The Labute approximate surface area is 66.8 Å². The van der Waals surface area contributed by atoms with Gasteiger partial charge in [-0.15, -0.1) is 0 Å². The highest BCUT2D eigenvalue weighted by Crippen LogP contribution is 2.22. The molecule has 0 unspecified atom stereocenters. The van der Waals surface area contributed by atoms with Crippen molar-refractivity contribution in [3.8, 4) is 0 Å². The number of alkyl halides is 3. The van der Waals surface area contributed by atoms with Gasteiger partial charge in [0, 0.05) is 6.42 Å². The lowest BCUT2D eigenvalue weighted by Crippen LogP contribution is -2.05. The molecule has 0 saturated heterocycles. The van der Waals surface area contributed by atoms with E-state index in [-0.39, 0.29) is 6.42 Å². The Hall–Kier alpha value is -0.210. The zero-order valence-corrected chi connectivity index (χ0v) is 7.46. The zero-order chi connectivity index (χ0) is 9.33. The standard InChI is InChI=1S/C6H11F3.C2H6/c1-2-3-4-5-6(7,8)9;1-2/h2-5H2,1H3;1-2H3. The number of hydrogen-bond acceptors (Lipinski definition) is 0. The highest BCUT2D eigenvalue weighted by molar-refractivity contribution is 4.49. The number of halogens is 3. The van der Waals surface area contributed by atoms with Gasteiger partial charge in [0.05, 0.1) is 0 Å². The topological polar surface area (TPSA) is 0 Å². The van der Waals surface area contributed by atoms with E-state index < -0.39 is 12.6 Å². The van der Waals surface area contributed by atoms with Crippen molar-refractivity contribution in [3.63, 3.8) is 0 Å². The Bertz CT molecular complexity index is 66.2. The van der Waals surface area contributed by atoms with Crippen LogP contribution in [-0.2, 0) is 0 Å². The van der Waals surface area contributed by atoms with E-state index in [9.17, 15) is 13.2 Å². The van der Waals surface area contributed by atoms with Crippen LogP contribution in [-0.4, -0.2) is 6.18 Å². The van der Waals surface area contributed by atoms with Crippen LogP contribution in [0.4, 0.5) is 13.2 Å². The van der Waals surface area contributed by atoms with Crippen LogP contribution >= 0.6 is 0 Å². The lowest BCUT2D eigenvalue weighted by atomic mass is 10.2. The van der Waals surface area contributed by atoms with Crippen molar-refractivity contribution in [1.82, 2.24) is 0 Å². The summed E-state index contributed by atoms with van der Waals surface area (Å²) in [5.41, 5.74) is 0. The molecule has 70 valence electrons. The molecule has 0 radical (unpaired) electrons. The van der Waals surface area contributed by atoms with Crippen LogP contribution in [0.15, 0.2) is 0 Å². The van der Waals surface area contributed by atoms with E-state index in [2.05, 4.69) is 0 Å². The molecule has 0 fully saturated rings. The van der Waals surface area contributed by atoms with Gasteiger partial charge in [-0.2, -0.15) is 13.2 Å². The van der Waals surface area contributed by atoms with Crippen LogP contribution in [0.25, 0.3) is 0 Å². The van der Waals surface area contributed by atoms with E-state index in [4.69, 9.17) is 0 Å². The number of hydrogen-bond donors (Lipinski definition) is 0. The fourth-order valence-electron chi connectivity index (χ4n) is 0.575.